The molecule has 2 aliphatic carbocycles. The van der Waals surface area contributed by atoms with Crippen molar-refractivity contribution in [3.05, 3.63) is 12.2 Å². The molecule has 0 aromatic rings. The van der Waals surface area contributed by atoms with Crippen molar-refractivity contribution in [2.75, 3.05) is 6.61 Å². The lowest BCUT2D eigenvalue weighted by atomic mass is 9.48. The first kappa shape index (κ1) is 19.0. The summed E-state index contributed by atoms with van der Waals surface area (Å²) < 4.78 is 10.8. The number of amides is 2. The summed E-state index contributed by atoms with van der Waals surface area (Å²) in [5.41, 5.74) is 0. The van der Waals surface area contributed by atoms with E-state index in [0.29, 0.717) is 5.92 Å². The smallest absolute Gasteiger partial charge is 0.429 e. The Balaban J connectivity index is 1.95. The van der Waals surface area contributed by atoms with Crippen LogP contribution in [-0.4, -0.2) is 58.2 Å². The van der Waals surface area contributed by atoms with Crippen LogP contribution in [0.2, 0.25) is 0 Å². The van der Waals surface area contributed by atoms with E-state index in [1.807, 2.05) is 12.2 Å². The van der Waals surface area contributed by atoms with Crippen molar-refractivity contribution in [2.45, 2.75) is 65.3 Å². The van der Waals surface area contributed by atoms with Gasteiger partial charge in [-0.2, -0.15) is 0 Å². The highest BCUT2D eigenvalue weighted by Gasteiger charge is 2.64. The second-order valence-corrected chi connectivity index (χ2v) is 7.99. The van der Waals surface area contributed by atoms with E-state index < -0.39 is 12.2 Å². The summed E-state index contributed by atoms with van der Waals surface area (Å²) in [6, 6.07) is -0.542. The van der Waals surface area contributed by atoms with Gasteiger partial charge >= 0.3 is 12.2 Å². The molecule has 146 valence electrons. The standard InChI is InChI=1S/C19H30N2O5/c1-6-12-13(9-22)17-15-8-7-14(16(12)17)20(18(23)25-10(2)3)21(15)19(24)26-11(4)5/h7-8,10-17,22H,6,9H2,1-5H3/t12?,13?,14-,15+,16+,17-/m0/s1. The summed E-state index contributed by atoms with van der Waals surface area (Å²) in [7, 11) is 0. The third-order valence-corrected chi connectivity index (χ3v) is 5.80. The summed E-state index contributed by atoms with van der Waals surface area (Å²) in [6.45, 7) is 9.34. The van der Waals surface area contributed by atoms with Gasteiger partial charge in [-0.25, -0.2) is 19.6 Å². The maximum atomic E-state index is 12.8. The minimum Gasteiger partial charge on any atom is -0.445 e. The number of carbonyl (C=O) groups is 2. The van der Waals surface area contributed by atoms with Crippen molar-refractivity contribution < 1.29 is 24.2 Å². The van der Waals surface area contributed by atoms with Crippen LogP contribution in [-0.2, 0) is 9.47 Å². The Morgan fingerprint density at radius 2 is 1.35 bits per heavy atom. The van der Waals surface area contributed by atoms with E-state index in [1.165, 1.54) is 10.0 Å². The third kappa shape index (κ3) is 2.86. The first-order chi connectivity index (χ1) is 12.3. The van der Waals surface area contributed by atoms with Crippen LogP contribution in [0.3, 0.4) is 0 Å². The molecule has 4 aliphatic rings. The van der Waals surface area contributed by atoms with Crippen molar-refractivity contribution in [2.24, 2.45) is 23.7 Å². The van der Waals surface area contributed by atoms with Crippen molar-refractivity contribution in [1.29, 1.82) is 0 Å². The van der Waals surface area contributed by atoms with Crippen LogP contribution < -0.4 is 0 Å². The minimum absolute atomic E-state index is 0.0975. The van der Waals surface area contributed by atoms with E-state index in [9.17, 15) is 14.7 Å². The van der Waals surface area contributed by atoms with Crippen LogP contribution in [0.5, 0.6) is 0 Å². The molecule has 0 aromatic carbocycles. The second-order valence-electron chi connectivity index (χ2n) is 7.99. The number of ether oxygens (including phenoxy) is 2. The van der Waals surface area contributed by atoms with Crippen LogP contribution in [0.4, 0.5) is 9.59 Å². The van der Waals surface area contributed by atoms with Crippen molar-refractivity contribution in [1.82, 2.24) is 10.0 Å². The number of carbonyl (C=O) groups excluding carboxylic acids is 2. The van der Waals surface area contributed by atoms with Gasteiger partial charge in [-0.05, 0) is 51.4 Å². The topological polar surface area (TPSA) is 79.3 Å². The van der Waals surface area contributed by atoms with Crippen LogP contribution >= 0.6 is 0 Å². The zero-order valence-electron chi connectivity index (χ0n) is 16.2. The summed E-state index contributed by atoms with van der Waals surface area (Å²) in [5.74, 6) is 0.845. The fourth-order valence-corrected chi connectivity index (χ4v) is 4.98. The largest absolute Gasteiger partial charge is 0.445 e. The lowest BCUT2D eigenvalue weighted by Crippen LogP contribution is -2.76. The first-order valence-corrected chi connectivity index (χ1v) is 9.60. The Hall–Kier alpha value is -1.76. The van der Waals surface area contributed by atoms with Crippen LogP contribution in [0.25, 0.3) is 0 Å². The highest BCUT2D eigenvalue weighted by Crippen LogP contribution is 2.58. The van der Waals surface area contributed by atoms with E-state index in [2.05, 4.69) is 6.92 Å². The number of hydrogen-bond acceptors (Lipinski definition) is 5. The first-order valence-electron chi connectivity index (χ1n) is 9.60. The highest BCUT2D eigenvalue weighted by molar-refractivity contribution is 5.76. The van der Waals surface area contributed by atoms with E-state index in [-0.39, 0.29) is 48.7 Å². The van der Waals surface area contributed by atoms with Gasteiger partial charge in [0.25, 0.3) is 0 Å². The summed E-state index contributed by atoms with van der Waals surface area (Å²) >= 11 is 0. The minimum atomic E-state index is -0.546. The fourth-order valence-electron chi connectivity index (χ4n) is 4.98. The molecule has 1 saturated heterocycles. The Bertz CT molecular complexity index is 540. The fraction of sp³-hybridized carbons (Fsp3) is 0.789. The molecule has 1 N–H and O–H groups in total. The number of nitrogens with zero attached hydrogens (tertiary/aromatic N) is 2. The molecule has 2 heterocycles. The molecule has 4 rings (SSSR count). The monoisotopic (exact) mass is 366 g/mol. The van der Waals surface area contributed by atoms with Gasteiger partial charge in [0.2, 0.25) is 0 Å². The van der Waals surface area contributed by atoms with Crippen molar-refractivity contribution in [3.8, 4) is 0 Å². The lowest BCUT2D eigenvalue weighted by Gasteiger charge is -2.66. The quantitative estimate of drug-likeness (QED) is 0.774. The van der Waals surface area contributed by atoms with Gasteiger partial charge in [-0.3, -0.25) is 0 Å². The van der Waals surface area contributed by atoms with Crippen molar-refractivity contribution in [3.63, 3.8) is 0 Å². The highest BCUT2D eigenvalue weighted by atomic mass is 16.6. The molecule has 0 radical (unpaired) electrons. The van der Waals surface area contributed by atoms with Crippen LogP contribution in [0.1, 0.15) is 41.0 Å². The zero-order chi connectivity index (χ0) is 19.2. The predicted molar refractivity (Wildman–Crippen MR) is 95.0 cm³/mol. The number of aliphatic hydroxyl groups is 1. The normalized spacial score (nSPS) is 34.8. The molecule has 2 amide bonds. The molecule has 2 fully saturated rings. The van der Waals surface area contributed by atoms with E-state index >= 15 is 0 Å². The number of fused-ring (bicyclic) bond motifs is 1. The van der Waals surface area contributed by atoms with Crippen LogP contribution in [0, 0.1) is 23.7 Å². The average Bonchev–Trinajstić information content (AvgIpc) is 2.53. The van der Waals surface area contributed by atoms with Gasteiger partial charge < -0.3 is 14.6 Å². The van der Waals surface area contributed by atoms with E-state index in [0.717, 1.165) is 6.42 Å². The van der Waals surface area contributed by atoms with Gasteiger partial charge in [-0.1, -0.05) is 25.5 Å². The molecule has 6 atom stereocenters. The Kier molecular flexibility index (Phi) is 5.19. The number of aliphatic hydroxyl groups excluding tert-OH is 1. The molecule has 2 aliphatic heterocycles. The SMILES string of the molecule is CCC1C(CO)[C@@H]2[C@H]1[C@@H]1C=C[C@H]2N(C(=O)OC(C)C)N1C(=O)OC(C)C. The molecule has 2 unspecified atom stereocenters. The number of rotatable bonds is 4. The average molecular weight is 366 g/mol. The van der Waals surface area contributed by atoms with E-state index in [1.54, 1.807) is 27.7 Å². The summed E-state index contributed by atoms with van der Waals surface area (Å²) in [5, 5.41) is 12.7. The summed E-state index contributed by atoms with van der Waals surface area (Å²) in [4.78, 5) is 25.6. The maximum Gasteiger partial charge on any atom is 0.429 e. The van der Waals surface area contributed by atoms with Gasteiger partial charge in [0.15, 0.2) is 0 Å². The van der Waals surface area contributed by atoms with Crippen LogP contribution in [0.15, 0.2) is 12.2 Å². The van der Waals surface area contributed by atoms with Gasteiger partial charge in [0.1, 0.15) is 0 Å². The molecule has 7 heteroatoms. The molecule has 26 heavy (non-hydrogen) atoms. The summed E-state index contributed by atoms with van der Waals surface area (Å²) in [6.07, 6.45) is 3.27. The molecule has 0 aromatic heterocycles. The second kappa shape index (κ2) is 7.10. The molecule has 0 spiro atoms. The van der Waals surface area contributed by atoms with Gasteiger partial charge in [0.05, 0.1) is 24.3 Å². The molecule has 1 saturated carbocycles. The molecular formula is C19H30N2O5. The lowest BCUT2D eigenvalue weighted by molar-refractivity contribution is -0.210. The number of hydrazine groups is 1. The Morgan fingerprint density at radius 3 is 1.69 bits per heavy atom. The predicted octanol–water partition coefficient (Wildman–Crippen LogP) is 2.80. The van der Waals surface area contributed by atoms with Crippen molar-refractivity contribution >= 4 is 12.2 Å². The molecule has 2 bridgehead atoms. The zero-order valence-corrected chi connectivity index (χ0v) is 16.2. The third-order valence-electron chi connectivity index (χ3n) is 5.80. The number of hydrogen-bond donors (Lipinski definition) is 1. The Morgan fingerprint density at radius 1 is 0.923 bits per heavy atom. The molecular weight excluding hydrogens is 336 g/mol. The maximum absolute atomic E-state index is 12.8. The van der Waals surface area contributed by atoms with E-state index in [4.69, 9.17) is 9.47 Å². The van der Waals surface area contributed by atoms with Gasteiger partial charge in [0, 0.05) is 6.61 Å². The molecule has 7 nitrogen and oxygen atoms in total. The Labute approximate surface area is 154 Å². The van der Waals surface area contributed by atoms with Gasteiger partial charge in [-0.15, -0.1) is 0 Å².